The molecule has 0 unspecified atom stereocenters. The zero-order chi connectivity index (χ0) is 24.4. The number of carbonyl (C=O) groups excluding carboxylic acids is 1. The topological polar surface area (TPSA) is 99.1 Å². The van der Waals surface area contributed by atoms with Gasteiger partial charge in [0.25, 0.3) is 5.91 Å². The minimum atomic E-state index is -0.184. The van der Waals surface area contributed by atoms with E-state index in [1.807, 2.05) is 17.2 Å². The maximum Gasteiger partial charge on any atom is 0.255 e. The molecule has 3 N–H and O–H groups in total. The first-order chi connectivity index (χ1) is 17.0. The minimum Gasteiger partial charge on any atom is -0.393 e. The maximum atomic E-state index is 12.8. The van der Waals surface area contributed by atoms with E-state index in [1.54, 1.807) is 12.4 Å². The summed E-state index contributed by atoms with van der Waals surface area (Å²) in [6, 6.07) is 2.51. The quantitative estimate of drug-likeness (QED) is 0.451. The van der Waals surface area contributed by atoms with Crippen molar-refractivity contribution in [2.24, 2.45) is 0 Å². The highest BCUT2D eigenvalue weighted by atomic mass is 16.3. The van der Waals surface area contributed by atoms with Crippen molar-refractivity contribution in [1.29, 1.82) is 0 Å². The lowest BCUT2D eigenvalue weighted by Gasteiger charge is -2.32. The molecule has 2 aliphatic rings. The van der Waals surface area contributed by atoms with Crippen molar-refractivity contribution in [1.82, 2.24) is 24.4 Å². The summed E-state index contributed by atoms with van der Waals surface area (Å²) in [6.45, 7) is 5.87. The van der Waals surface area contributed by atoms with Gasteiger partial charge in [-0.25, -0.2) is 4.98 Å². The average molecular weight is 479 g/mol. The number of nitrogens with zero attached hydrogens (tertiary/aromatic N) is 4. The van der Waals surface area contributed by atoms with E-state index in [0.29, 0.717) is 23.9 Å². The first-order valence-corrected chi connectivity index (χ1v) is 13.3. The smallest absolute Gasteiger partial charge is 0.255 e. The fourth-order valence-electron chi connectivity index (χ4n) is 5.82. The Morgan fingerprint density at radius 2 is 2.00 bits per heavy atom. The number of hydrogen-bond acceptors (Lipinski definition) is 5. The van der Waals surface area contributed by atoms with Crippen LogP contribution in [0.2, 0.25) is 0 Å². The molecule has 8 heteroatoms. The molecular weight excluding hydrogens is 440 g/mol. The van der Waals surface area contributed by atoms with Crippen LogP contribution in [0.4, 0.5) is 5.95 Å². The zero-order valence-corrected chi connectivity index (χ0v) is 20.9. The first kappa shape index (κ1) is 23.9. The molecule has 1 saturated heterocycles. The lowest BCUT2D eigenvalue weighted by Crippen LogP contribution is -2.37. The van der Waals surface area contributed by atoms with Gasteiger partial charge in [0.2, 0.25) is 5.95 Å². The number of aliphatic hydroxyl groups is 1. The molecule has 188 valence electrons. The van der Waals surface area contributed by atoms with Gasteiger partial charge in [-0.15, -0.1) is 0 Å². The monoisotopic (exact) mass is 478 g/mol. The van der Waals surface area contributed by atoms with Crippen LogP contribution in [0.25, 0.3) is 11.0 Å². The number of carbonyl (C=O) groups is 1. The summed E-state index contributed by atoms with van der Waals surface area (Å²) in [5.41, 5.74) is 3.02. The summed E-state index contributed by atoms with van der Waals surface area (Å²) in [5, 5.41) is 14.6. The third-order valence-corrected chi connectivity index (χ3v) is 7.83. The van der Waals surface area contributed by atoms with Crippen LogP contribution < -0.4 is 5.32 Å². The molecule has 5 rings (SSSR count). The van der Waals surface area contributed by atoms with Gasteiger partial charge in [-0.1, -0.05) is 13.3 Å². The van der Waals surface area contributed by atoms with Crippen molar-refractivity contribution in [3.8, 4) is 0 Å². The van der Waals surface area contributed by atoms with E-state index in [-0.39, 0.29) is 12.0 Å². The van der Waals surface area contributed by atoms with Crippen LogP contribution in [-0.2, 0) is 0 Å². The predicted molar refractivity (Wildman–Crippen MR) is 138 cm³/mol. The number of likely N-dealkylation sites (tertiary alicyclic amines) is 1. The predicted octanol–water partition coefficient (Wildman–Crippen LogP) is 4.86. The van der Waals surface area contributed by atoms with E-state index in [2.05, 4.69) is 39.9 Å². The van der Waals surface area contributed by atoms with Crippen LogP contribution in [0.5, 0.6) is 0 Å². The fraction of sp³-hybridized carbons (Fsp3) is 0.593. The molecule has 0 spiro atoms. The Morgan fingerprint density at radius 3 is 2.69 bits per heavy atom. The molecule has 1 saturated carbocycles. The molecule has 35 heavy (non-hydrogen) atoms. The molecule has 1 aliphatic carbocycles. The van der Waals surface area contributed by atoms with Crippen molar-refractivity contribution in [3.05, 3.63) is 42.0 Å². The molecular formula is C27H38N6O2. The highest BCUT2D eigenvalue weighted by Crippen LogP contribution is 2.38. The number of hydrogen-bond donors (Lipinski definition) is 3. The van der Waals surface area contributed by atoms with Crippen LogP contribution in [0.3, 0.4) is 0 Å². The van der Waals surface area contributed by atoms with E-state index >= 15 is 0 Å². The number of amides is 1. The van der Waals surface area contributed by atoms with E-state index < -0.39 is 0 Å². The maximum absolute atomic E-state index is 12.8. The molecule has 4 heterocycles. The molecule has 0 aromatic carbocycles. The third kappa shape index (κ3) is 5.08. The normalized spacial score (nSPS) is 22.4. The van der Waals surface area contributed by atoms with Gasteiger partial charge in [0, 0.05) is 55.3 Å². The minimum absolute atomic E-state index is 0.105. The van der Waals surface area contributed by atoms with Gasteiger partial charge in [0.05, 0.1) is 11.7 Å². The fourth-order valence-corrected chi connectivity index (χ4v) is 5.82. The molecule has 3 aromatic rings. The highest BCUT2D eigenvalue weighted by Gasteiger charge is 2.29. The summed E-state index contributed by atoms with van der Waals surface area (Å²) in [6.07, 6.45) is 15.3. The van der Waals surface area contributed by atoms with Crippen molar-refractivity contribution < 1.29 is 9.90 Å². The summed E-state index contributed by atoms with van der Waals surface area (Å²) in [5.74, 6) is 1.17. The number of H-pyrrole nitrogens is 1. The Morgan fingerprint density at radius 1 is 1.23 bits per heavy atom. The van der Waals surface area contributed by atoms with Gasteiger partial charge in [-0.05, 0) is 69.4 Å². The van der Waals surface area contributed by atoms with Crippen LogP contribution in [-0.4, -0.2) is 60.7 Å². The second-order valence-electron chi connectivity index (χ2n) is 10.4. The van der Waals surface area contributed by atoms with Crippen molar-refractivity contribution in [2.45, 2.75) is 89.3 Å². The largest absolute Gasteiger partial charge is 0.393 e. The van der Waals surface area contributed by atoms with Crippen molar-refractivity contribution in [3.63, 3.8) is 0 Å². The molecule has 1 atom stereocenters. The summed E-state index contributed by atoms with van der Waals surface area (Å²) in [4.78, 5) is 27.4. The third-order valence-electron chi connectivity index (χ3n) is 7.83. The van der Waals surface area contributed by atoms with Gasteiger partial charge in [-0.2, -0.15) is 4.98 Å². The molecule has 1 aliphatic heterocycles. The van der Waals surface area contributed by atoms with E-state index in [4.69, 9.17) is 4.98 Å². The number of nitrogens with one attached hydrogen (secondary N) is 2. The average Bonchev–Trinajstić information content (AvgIpc) is 3.53. The lowest BCUT2D eigenvalue weighted by atomic mass is 9.89. The van der Waals surface area contributed by atoms with Gasteiger partial charge >= 0.3 is 0 Å². The number of rotatable bonds is 7. The standard InChI is InChI=1S/C27H38N6O2/c1-3-4-18(2)30-27-29-16-23-24(17-33(25(23)31-27)21-5-7-22(34)8-6-21)19-10-13-32(14-11-19)26(35)20-9-12-28-15-20/h9,12,15-19,21-22,28,34H,3-8,10-11,13-14H2,1-2H3,(H,29,30,31)/t18-,21?,22?/m0/s1. The summed E-state index contributed by atoms with van der Waals surface area (Å²) < 4.78 is 2.35. The highest BCUT2D eigenvalue weighted by molar-refractivity contribution is 5.94. The van der Waals surface area contributed by atoms with Crippen LogP contribution >= 0.6 is 0 Å². The van der Waals surface area contributed by atoms with E-state index in [0.717, 1.165) is 81.1 Å². The van der Waals surface area contributed by atoms with E-state index in [1.165, 1.54) is 5.56 Å². The first-order valence-electron chi connectivity index (χ1n) is 13.3. The Bertz CT molecular complexity index is 1120. The van der Waals surface area contributed by atoms with E-state index in [9.17, 15) is 9.90 Å². The second kappa shape index (κ2) is 10.4. The summed E-state index contributed by atoms with van der Waals surface area (Å²) in [7, 11) is 0. The molecule has 0 radical (unpaired) electrons. The summed E-state index contributed by atoms with van der Waals surface area (Å²) >= 11 is 0. The number of piperidine rings is 1. The molecule has 8 nitrogen and oxygen atoms in total. The Hall–Kier alpha value is -2.87. The van der Waals surface area contributed by atoms with Crippen molar-refractivity contribution >= 4 is 22.9 Å². The Balaban J connectivity index is 1.40. The van der Waals surface area contributed by atoms with Gasteiger partial charge < -0.3 is 24.9 Å². The number of aromatic nitrogens is 4. The molecule has 1 amide bonds. The Kier molecular flexibility index (Phi) is 7.09. The number of aromatic amines is 1. The number of aliphatic hydroxyl groups excluding tert-OH is 1. The Labute approximate surface area is 207 Å². The van der Waals surface area contributed by atoms with Gasteiger partial charge in [0.15, 0.2) is 0 Å². The van der Waals surface area contributed by atoms with Crippen LogP contribution in [0.1, 0.15) is 93.1 Å². The SMILES string of the molecule is CCC[C@H](C)Nc1ncc2c(C3CCN(C(=O)c4cc[nH]c4)CC3)cn(C3CCC(O)CC3)c2n1. The zero-order valence-electron chi connectivity index (χ0n) is 20.9. The van der Waals surface area contributed by atoms with Gasteiger partial charge in [0.1, 0.15) is 5.65 Å². The molecule has 0 bridgehead atoms. The van der Waals surface area contributed by atoms with Crippen molar-refractivity contribution in [2.75, 3.05) is 18.4 Å². The number of fused-ring (bicyclic) bond motifs is 1. The lowest BCUT2D eigenvalue weighted by molar-refractivity contribution is 0.0713. The molecule has 2 fully saturated rings. The van der Waals surface area contributed by atoms with Crippen LogP contribution in [0, 0.1) is 0 Å². The van der Waals surface area contributed by atoms with Gasteiger partial charge in [-0.3, -0.25) is 4.79 Å². The second-order valence-corrected chi connectivity index (χ2v) is 10.4. The number of anilines is 1. The van der Waals surface area contributed by atoms with Crippen LogP contribution in [0.15, 0.2) is 30.9 Å². The molecule has 3 aromatic heterocycles.